The van der Waals surface area contributed by atoms with E-state index >= 15 is 0 Å². The van der Waals surface area contributed by atoms with Crippen LogP contribution < -0.4 is 11.1 Å². The Hall–Kier alpha value is -2.64. The quantitative estimate of drug-likeness (QED) is 0.830. The Balaban J connectivity index is 1.97. The van der Waals surface area contributed by atoms with Crippen molar-refractivity contribution in [2.75, 3.05) is 13.1 Å². The molecular formula is C17H17N3O. The van der Waals surface area contributed by atoms with Crippen molar-refractivity contribution in [3.63, 3.8) is 0 Å². The summed E-state index contributed by atoms with van der Waals surface area (Å²) in [6.07, 6.45) is 3.95. The van der Waals surface area contributed by atoms with Crippen LogP contribution in [0.15, 0.2) is 48.8 Å². The van der Waals surface area contributed by atoms with Gasteiger partial charge in [0.15, 0.2) is 0 Å². The normalized spacial score (nSPS) is 9.57. The maximum Gasteiger partial charge on any atom is 0.252 e. The molecule has 0 bridgehead atoms. The third kappa shape index (κ3) is 4.44. The smallest absolute Gasteiger partial charge is 0.252 e. The van der Waals surface area contributed by atoms with Gasteiger partial charge in [-0.3, -0.25) is 9.78 Å². The molecule has 0 aliphatic heterocycles. The molecule has 0 spiro atoms. The lowest BCUT2D eigenvalue weighted by Gasteiger charge is -2.06. The first-order valence-corrected chi connectivity index (χ1v) is 6.76. The van der Waals surface area contributed by atoms with Gasteiger partial charge in [0.1, 0.15) is 0 Å². The molecule has 21 heavy (non-hydrogen) atoms. The van der Waals surface area contributed by atoms with Crippen LogP contribution in [-0.2, 0) is 6.42 Å². The molecule has 4 nitrogen and oxygen atoms in total. The number of hydrogen-bond acceptors (Lipinski definition) is 3. The van der Waals surface area contributed by atoms with Gasteiger partial charge in [0, 0.05) is 18.9 Å². The topological polar surface area (TPSA) is 68.0 Å². The molecule has 0 fully saturated rings. The third-order valence-corrected chi connectivity index (χ3v) is 2.93. The van der Waals surface area contributed by atoms with Gasteiger partial charge in [-0.2, -0.15) is 0 Å². The zero-order valence-corrected chi connectivity index (χ0v) is 11.7. The molecule has 106 valence electrons. The van der Waals surface area contributed by atoms with Gasteiger partial charge in [-0.15, -0.1) is 0 Å². The molecule has 0 saturated carbocycles. The van der Waals surface area contributed by atoms with Gasteiger partial charge < -0.3 is 11.1 Å². The van der Waals surface area contributed by atoms with E-state index in [2.05, 4.69) is 22.1 Å². The summed E-state index contributed by atoms with van der Waals surface area (Å²) in [5, 5.41) is 2.90. The number of benzene rings is 1. The average Bonchev–Trinajstić information content (AvgIpc) is 2.54. The van der Waals surface area contributed by atoms with Crippen molar-refractivity contribution in [1.29, 1.82) is 0 Å². The molecule has 0 atom stereocenters. The van der Waals surface area contributed by atoms with Gasteiger partial charge in [-0.05, 0) is 18.1 Å². The van der Waals surface area contributed by atoms with E-state index in [1.165, 1.54) is 5.56 Å². The van der Waals surface area contributed by atoms with E-state index in [4.69, 9.17) is 5.73 Å². The molecule has 0 aliphatic rings. The van der Waals surface area contributed by atoms with Crippen LogP contribution in [0.5, 0.6) is 0 Å². The molecule has 0 saturated heterocycles. The molecular weight excluding hydrogens is 262 g/mol. The Morgan fingerprint density at radius 3 is 2.81 bits per heavy atom. The summed E-state index contributed by atoms with van der Waals surface area (Å²) in [4.78, 5) is 16.2. The maximum absolute atomic E-state index is 12.2. The zero-order valence-electron chi connectivity index (χ0n) is 11.7. The minimum Gasteiger partial charge on any atom is -0.352 e. The van der Waals surface area contributed by atoms with Crippen LogP contribution >= 0.6 is 0 Å². The fourth-order valence-electron chi connectivity index (χ4n) is 1.90. The Kier molecular flexibility index (Phi) is 5.50. The molecule has 1 heterocycles. The van der Waals surface area contributed by atoms with Crippen molar-refractivity contribution in [2.45, 2.75) is 6.42 Å². The van der Waals surface area contributed by atoms with Gasteiger partial charge >= 0.3 is 0 Å². The molecule has 1 aromatic carbocycles. The zero-order chi connectivity index (χ0) is 14.9. The summed E-state index contributed by atoms with van der Waals surface area (Å²) < 4.78 is 0. The molecule has 1 amide bonds. The predicted molar refractivity (Wildman–Crippen MR) is 82.6 cm³/mol. The number of carbonyl (C=O) groups excluding carboxylic acids is 1. The van der Waals surface area contributed by atoms with Gasteiger partial charge in [0.05, 0.1) is 17.7 Å². The van der Waals surface area contributed by atoms with Crippen LogP contribution in [0, 0.1) is 11.8 Å². The molecule has 2 rings (SSSR count). The van der Waals surface area contributed by atoms with Crippen molar-refractivity contribution in [1.82, 2.24) is 10.3 Å². The lowest BCUT2D eigenvalue weighted by atomic mass is 10.1. The number of aromatic nitrogens is 1. The number of nitrogens with two attached hydrogens (primary N) is 1. The van der Waals surface area contributed by atoms with Crippen molar-refractivity contribution in [2.24, 2.45) is 5.73 Å². The second-order valence-corrected chi connectivity index (χ2v) is 4.42. The van der Waals surface area contributed by atoms with Crippen LogP contribution in [0.4, 0.5) is 0 Å². The highest BCUT2D eigenvalue weighted by atomic mass is 16.1. The van der Waals surface area contributed by atoms with E-state index in [0.717, 1.165) is 6.42 Å². The molecule has 2 aromatic rings. The third-order valence-electron chi connectivity index (χ3n) is 2.93. The lowest BCUT2D eigenvalue weighted by molar-refractivity contribution is 0.0954. The second kappa shape index (κ2) is 7.83. The van der Waals surface area contributed by atoms with E-state index < -0.39 is 0 Å². The van der Waals surface area contributed by atoms with Crippen LogP contribution in [0.25, 0.3) is 0 Å². The lowest BCUT2D eigenvalue weighted by Crippen LogP contribution is -2.26. The van der Waals surface area contributed by atoms with Crippen molar-refractivity contribution in [3.8, 4) is 11.8 Å². The van der Waals surface area contributed by atoms with Gasteiger partial charge in [0.25, 0.3) is 5.91 Å². The fourth-order valence-corrected chi connectivity index (χ4v) is 1.90. The van der Waals surface area contributed by atoms with Crippen molar-refractivity contribution in [3.05, 3.63) is 65.5 Å². The van der Waals surface area contributed by atoms with Gasteiger partial charge in [0.2, 0.25) is 0 Å². The highest BCUT2D eigenvalue weighted by Crippen LogP contribution is 2.05. The number of nitrogens with zero attached hydrogens (tertiary/aromatic N) is 1. The standard InChI is InChI=1S/C17H17N3O/c18-10-4-7-15-13-19-11-9-16(15)17(21)20-12-8-14-5-2-1-3-6-14/h1-3,5-6,9,11,13H,8,10,12,18H2,(H,20,21). The van der Waals surface area contributed by atoms with Crippen LogP contribution in [0.2, 0.25) is 0 Å². The van der Waals surface area contributed by atoms with Crippen molar-refractivity contribution < 1.29 is 4.79 Å². The van der Waals surface area contributed by atoms with Crippen LogP contribution in [0.1, 0.15) is 21.5 Å². The number of amides is 1. The van der Waals surface area contributed by atoms with E-state index in [0.29, 0.717) is 17.7 Å². The van der Waals surface area contributed by atoms with E-state index in [1.807, 2.05) is 30.3 Å². The number of rotatable bonds is 4. The summed E-state index contributed by atoms with van der Waals surface area (Å²) >= 11 is 0. The minimum absolute atomic E-state index is 0.144. The number of pyridine rings is 1. The van der Waals surface area contributed by atoms with Crippen molar-refractivity contribution >= 4 is 5.91 Å². The fraction of sp³-hybridized carbons (Fsp3) is 0.176. The molecule has 1 aromatic heterocycles. The first-order chi connectivity index (χ1) is 10.3. The Morgan fingerprint density at radius 1 is 1.24 bits per heavy atom. The van der Waals surface area contributed by atoms with E-state index in [1.54, 1.807) is 18.5 Å². The van der Waals surface area contributed by atoms with Crippen LogP contribution in [0.3, 0.4) is 0 Å². The van der Waals surface area contributed by atoms with Gasteiger partial charge in [-0.1, -0.05) is 42.2 Å². The molecule has 0 unspecified atom stereocenters. The number of carbonyl (C=O) groups is 1. The summed E-state index contributed by atoms with van der Waals surface area (Å²) in [6.45, 7) is 0.832. The predicted octanol–water partition coefficient (Wildman–Crippen LogP) is 1.36. The summed E-state index contributed by atoms with van der Waals surface area (Å²) in [5.41, 5.74) is 7.67. The monoisotopic (exact) mass is 279 g/mol. The Bertz CT molecular complexity index is 656. The molecule has 0 aliphatic carbocycles. The average molecular weight is 279 g/mol. The summed E-state index contributed by atoms with van der Waals surface area (Å²) in [6, 6.07) is 11.7. The number of nitrogens with one attached hydrogen (secondary N) is 1. The van der Waals surface area contributed by atoms with Gasteiger partial charge in [-0.25, -0.2) is 0 Å². The Labute approximate surface area is 124 Å². The molecule has 4 heteroatoms. The minimum atomic E-state index is -0.144. The highest BCUT2D eigenvalue weighted by molar-refractivity contribution is 5.96. The first-order valence-electron chi connectivity index (χ1n) is 6.76. The maximum atomic E-state index is 12.2. The Morgan fingerprint density at radius 2 is 2.05 bits per heavy atom. The van der Waals surface area contributed by atoms with E-state index in [9.17, 15) is 4.79 Å². The highest BCUT2D eigenvalue weighted by Gasteiger charge is 2.09. The summed E-state index contributed by atoms with van der Waals surface area (Å²) in [7, 11) is 0. The van der Waals surface area contributed by atoms with Crippen LogP contribution in [-0.4, -0.2) is 24.0 Å². The van der Waals surface area contributed by atoms with E-state index in [-0.39, 0.29) is 12.5 Å². The first kappa shape index (κ1) is 14.8. The SMILES string of the molecule is NCC#Cc1cnccc1C(=O)NCCc1ccccc1. The molecule has 0 radical (unpaired) electrons. The number of hydrogen-bond donors (Lipinski definition) is 2. The molecule has 3 N–H and O–H groups in total. The summed E-state index contributed by atoms with van der Waals surface area (Å²) in [5.74, 6) is 5.46. The second-order valence-electron chi connectivity index (χ2n) is 4.42. The largest absolute Gasteiger partial charge is 0.352 e.